The minimum atomic E-state index is -0.432. The number of carbonyl (C=O) groups excluding carboxylic acids is 2. The molecule has 0 saturated heterocycles. The van der Waals surface area contributed by atoms with E-state index in [0.717, 1.165) is 12.1 Å². The molecule has 0 aromatic heterocycles. The highest BCUT2D eigenvalue weighted by Gasteiger charge is 2.27. The Morgan fingerprint density at radius 2 is 1.88 bits per heavy atom. The monoisotopic (exact) mass is 338 g/mol. The molecule has 1 N–H and O–H groups in total. The standard InChI is InChI=1S/C20H22N2O3/c1-3-25-20(24)16-9-5-6-10-17(16)21-19(23)13-22-14(2)12-15-8-4-7-11-18(15)22/h4-11,14H,3,12-13H2,1-2H3,(H,21,23)/t14-/m1/s1. The van der Waals surface area contributed by atoms with Crippen molar-refractivity contribution in [2.24, 2.45) is 0 Å². The van der Waals surface area contributed by atoms with Crippen LogP contribution >= 0.6 is 0 Å². The quantitative estimate of drug-likeness (QED) is 0.850. The van der Waals surface area contributed by atoms with Crippen LogP contribution < -0.4 is 10.2 Å². The van der Waals surface area contributed by atoms with Gasteiger partial charge in [0.25, 0.3) is 0 Å². The first kappa shape index (κ1) is 17.0. The maximum absolute atomic E-state index is 12.6. The van der Waals surface area contributed by atoms with Crippen LogP contribution in [0.1, 0.15) is 29.8 Å². The number of hydrogen-bond acceptors (Lipinski definition) is 4. The van der Waals surface area contributed by atoms with Crippen LogP contribution in [-0.2, 0) is 16.0 Å². The third-order valence-electron chi connectivity index (χ3n) is 4.36. The molecule has 0 aliphatic carbocycles. The highest BCUT2D eigenvalue weighted by atomic mass is 16.5. The summed E-state index contributed by atoms with van der Waals surface area (Å²) in [4.78, 5) is 26.7. The molecule has 1 amide bonds. The SMILES string of the molecule is CCOC(=O)c1ccccc1NC(=O)CN1c2ccccc2C[C@H]1C. The van der Waals surface area contributed by atoms with E-state index in [0.29, 0.717) is 17.9 Å². The van der Waals surface area contributed by atoms with E-state index in [4.69, 9.17) is 4.74 Å². The number of nitrogens with zero attached hydrogens (tertiary/aromatic N) is 1. The van der Waals surface area contributed by atoms with Crippen LogP contribution in [0.15, 0.2) is 48.5 Å². The summed E-state index contributed by atoms with van der Waals surface area (Å²) in [6.45, 7) is 4.41. The number of esters is 1. The van der Waals surface area contributed by atoms with E-state index >= 15 is 0 Å². The lowest BCUT2D eigenvalue weighted by Crippen LogP contribution is -2.37. The van der Waals surface area contributed by atoms with Crippen LogP contribution in [-0.4, -0.2) is 31.1 Å². The van der Waals surface area contributed by atoms with Crippen LogP contribution in [0.5, 0.6) is 0 Å². The summed E-state index contributed by atoms with van der Waals surface area (Å²) in [6, 6.07) is 15.3. The largest absolute Gasteiger partial charge is 0.462 e. The summed E-state index contributed by atoms with van der Waals surface area (Å²) in [7, 11) is 0. The molecule has 1 aliphatic heterocycles. The van der Waals surface area contributed by atoms with Crippen LogP contribution in [0.25, 0.3) is 0 Å². The van der Waals surface area contributed by atoms with E-state index in [1.54, 1.807) is 31.2 Å². The Morgan fingerprint density at radius 1 is 1.16 bits per heavy atom. The number of amides is 1. The summed E-state index contributed by atoms with van der Waals surface area (Å²) >= 11 is 0. The van der Waals surface area contributed by atoms with Crippen LogP contribution in [0.4, 0.5) is 11.4 Å². The molecule has 0 spiro atoms. The average Bonchev–Trinajstić information content (AvgIpc) is 2.91. The zero-order valence-corrected chi connectivity index (χ0v) is 14.5. The molecule has 5 nitrogen and oxygen atoms in total. The normalized spacial score (nSPS) is 15.6. The topological polar surface area (TPSA) is 58.6 Å². The van der Waals surface area contributed by atoms with Crippen molar-refractivity contribution in [3.8, 4) is 0 Å². The number of benzene rings is 2. The van der Waals surface area contributed by atoms with E-state index < -0.39 is 5.97 Å². The number of hydrogen-bond donors (Lipinski definition) is 1. The van der Waals surface area contributed by atoms with E-state index in [9.17, 15) is 9.59 Å². The molecule has 0 radical (unpaired) electrons. The van der Waals surface area contributed by atoms with E-state index in [1.165, 1.54) is 5.56 Å². The van der Waals surface area contributed by atoms with Gasteiger partial charge >= 0.3 is 5.97 Å². The zero-order chi connectivity index (χ0) is 17.8. The molecule has 2 aromatic carbocycles. The predicted molar refractivity (Wildman–Crippen MR) is 98.0 cm³/mol. The van der Waals surface area contributed by atoms with Crippen LogP contribution in [0.2, 0.25) is 0 Å². The average molecular weight is 338 g/mol. The van der Waals surface area contributed by atoms with Crippen LogP contribution in [0, 0.1) is 0 Å². The molecule has 1 heterocycles. The molecule has 0 unspecified atom stereocenters. The Hall–Kier alpha value is -2.82. The number of carbonyl (C=O) groups is 2. The van der Waals surface area contributed by atoms with Crippen molar-refractivity contribution >= 4 is 23.3 Å². The second-order valence-corrected chi connectivity index (χ2v) is 6.12. The van der Waals surface area contributed by atoms with Crippen molar-refractivity contribution in [3.05, 3.63) is 59.7 Å². The van der Waals surface area contributed by atoms with Gasteiger partial charge in [0.1, 0.15) is 0 Å². The van der Waals surface area contributed by atoms with Crippen molar-refractivity contribution < 1.29 is 14.3 Å². The summed E-state index contributed by atoms with van der Waals surface area (Å²) < 4.78 is 5.05. The number of para-hydroxylation sites is 2. The molecule has 3 rings (SSSR count). The van der Waals surface area contributed by atoms with Crippen molar-refractivity contribution in [1.29, 1.82) is 0 Å². The maximum Gasteiger partial charge on any atom is 0.340 e. The van der Waals surface area contributed by atoms with E-state index in [-0.39, 0.29) is 18.5 Å². The summed E-state index contributed by atoms with van der Waals surface area (Å²) in [5.41, 5.74) is 3.21. The van der Waals surface area contributed by atoms with Crippen molar-refractivity contribution in [3.63, 3.8) is 0 Å². The summed E-state index contributed by atoms with van der Waals surface area (Å²) in [5, 5.41) is 2.85. The smallest absolute Gasteiger partial charge is 0.340 e. The van der Waals surface area contributed by atoms with Gasteiger partial charge in [-0.2, -0.15) is 0 Å². The summed E-state index contributed by atoms with van der Waals surface area (Å²) in [5.74, 6) is -0.585. The van der Waals surface area contributed by atoms with Gasteiger partial charge in [-0.15, -0.1) is 0 Å². The first-order chi connectivity index (χ1) is 12.1. The highest BCUT2D eigenvalue weighted by molar-refractivity contribution is 6.02. The van der Waals surface area contributed by atoms with Gasteiger partial charge < -0.3 is 15.0 Å². The minimum Gasteiger partial charge on any atom is -0.462 e. The van der Waals surface area contributed by atoms with Gasteiger partial charge in [-0.1, -0.05) is 30.3 Å². The fourth-order valence-corrected chi connectivity index (χ4v) is 3.19. The molecular weight excluding hydrogens is 316 g/mol. The van der Waals surface area contributed by atoms with Gasteiger partial charge in [0, 0.05) is 11.7 Å². The molecule has 25 heavy (non-hydrogen) atoms. The first-order valence-corrected chi connectivity index (χ1v) is 8.50. The van der Waals surface area contributed by atoms with Gasteiger partial charge in [0.2, 0.25) is 5.91 Å². The van der Waals surface area contributed by atoms with Gasteiger partial charge in [-0.3, -0.25) is 4.79 Å². The van der Waals surface area contributed by atoms with Gasteiger partial charge in [0.15, 0.2) is 0 Å². The number of anilines is 2. The number of nitrogens with one attached hydrogen (secondary N) is 1. The molecule has 1 atom stereocenters. The van der Waals surface area contributed by atoms with Gasteiger partial charge in [-0.05, 0) is 44.0 Å². The number of fused-ring (bicyclic) bond motifs is 1. The Morgan fingerprint density at radius 3 is 2.68 bits per heavy atom. The van der Waals surface area contributed by atoms with Gasteiger partial charge in [0.05, 0.1) is 24.4 Å². The molecular formula is C20H22N2O3. The molecule has 1 aliphatic rings. The molecule has 5 heteroatoms. The van der Waals surface area contributed by atoms with Crippen molar-refractivity contribution in [1.82, 2.24) is 0 Å². The lowest BCUT2D eigenvalue weighted by atomic mass is 10.1. The van der Waals surface area contributed by atoms with Crippen LogP contribution in [0.3, 0.4) is 0 Å². The van der Waals surface area contributed by atoms with E-state index in [1.807, 2.05) is 18.2 Å². The molecule has 0 bridgehead atoms. The number of ether oxygens (including phenoxy) is 1. The van der Waals surface area contributed by atoms with Gasteiger partial charge in [-0.25, -0.2) is 4.79 Å². The maximum atomic E-state index is 12.6. The second kappa shape index (κ2) is 7.38. The Balaban J connectivity index is 1.73. The highest BCUT2D eigenvalue weighted by Crippen LogP contribution is 2.31. The van der Waals surface area contributed by atoms with Crippen molar-refractivity contribution in [2.75, 3.05) is 23.4 Å². The third kappa shape index (κ3) is 3.65. The molecule has 130 valence electrons. The molecule has 0 saturated carbocycles. The minimum absolute atomic E-state index is 0.152. The zero-order valence-electron chi connectivity index (χ0n) is 14.5. The Kier molecular flexibility index (Phi) is 5.03. The summed E-state index contributed by atoms with van der Waals surface area (Å²) in [6.07, 6.45) is 0.933. The Bertz CT molecular complexity index is 788. The lowest BCUT2D eigenvalue weighted by molar-refractivity contribution is -0.115. The first-order valence-electron chi connectivity index (χ1n) is 8.50. The third-order valence-corrected chi connectivity index (χ3v) is 4.36. The fraction of sp³-hybridized carbons (Fsp3) is 0.300. The Labute approximate surface area is 147 Å². The second-order valence-electron chi connectivity index (χ2n) is 6.12. The lowest BCUT2D eigenvalue weighted by Gasteiger charge is -2.24. The van der Waals surface area contributed by atoms with Crippen molar-refractivity contribution in [2.45, 2.75) is 26.3 Å². The number of rotatable bonds is 5. The molecule has 0 fully saturated rings. The fourth-order valence-electron chi connectivity index (χ4n) is 3.19. The molecule has 2 aromatic rings. The predicted octanol–water partition coefficient (Wildman–Crippen LogP) is 3.25. The van der Waals surface area contributed by atoms with E-state index in [2.05, 4.69) is 23.2 Å².